The van der Waals surface area contributed by atoms with Crippen LogP contribution in [-0.4, -0.2) is 23.6 Å². The van der Waals surface area contributed by atoms with Crippen LogP contribution in [0.15, 0.2) is 30.3 Å². The average molecular weight is 283 g/mol. The molecule has 0 spiro atoms. The molecule has 1 fully saturated rings. The minimum Gasteiger partial charge on any atom is -0.378 e. The molecule has 21 heavy (non-hydrogen) atoms. The number of nitrogens with one attached hydrogen (secondary N) is 1. The van der Waals surface area contributed by atoms with E-state index in [1.165, 1.54) is 18.4 Å². The summed E-state index contributed by atoms with van der Waals surface area (Å²) in [6.45, 7) is 3.41. The molecule has 1 heterocycles. The molecule has 0 saturated heterocycles. The summed E-state index contributed by atoms with van der Waals surface area (Å²) in [6.07, 6.45) is 2.55. The van der Waals surface area contributed by atoms with Crippen LogP contribution in [0.4, 0.5) is 5.82 Å². The van der Waals surface area contributed by atoms with Gasteiger partial charge in [0.15, 0.2) is 5.82 Å². The van der Waals surface area contributed by atoms with Crippen LogP contribution in [0.1, 0.15) is 36.9 Å². The molecule has 1 aromatic carbocycles. The van der Waals surface area contributed by atoms with Crippen molar-refractivity contribution in [3.8, 4) is 11.4 Å². The molecule has 1 aromatic heterocycles. The molecule has 1 saturated carbocycles. The standard InChI is InChI=1S/C17H21N3O/c1-3-18-16-10-13(11-21-2)19-17(20-16)15-7-5-4-6-14(15)12-8-9-12/h4-7,10,12H,3,8-9,11H2,1-2H3,(H,18,19,20). The molecule has 3 rings (SSSR count). The largest absolute Gasteiger partial charge is 0.378 e. The molecule has 110 valence electrons. The van der Waals surface area contributed by atoms with Crippen LogP contribution in [0.2, 0.25) is 0 Å². The molecule has 1 aliphatic carbocycles. The highest BCUT2D eigenvalue weighted by Gasteiger charge is 2.26. The molecule has 0 amide bonds. The van der Waals surface area contributed by atoms with Crippen LogP contribution in [0, 0.1) is 0 Å². The second kappa shape index (κ2) is 6.22. The van der Waals surface area contributed by atoms with Gasteiger partial charge in [-0.15, -0.1) is 0 Å². The first kappa shape index (κ1) is 14.0. The fraction of sp³-hybridized carbons (Fsp3) is 0.412. The van der Waals surface area contributed by atoms with E-state index in [4.69, 9.17) is 4.74 Å². The Bertz CT molecular complexity index is 599. The number of aromatic nitrogens is 2. The van der Waals surface area contributed by atoms with Crippen molar-refractivity contribution in [2.45, 2.75) is 32.3 Å². The minimum atomic E-state index is 0.500. The molecule has 0 unspecified atom stereocenters. The summed E-state index contributed by atoms with van der Waals surface area (Å²) >= 11 is 0. The lowest BCUT2D eigenvalue weighted by molar-refractivity contribution is 0.181. The van der Waals surface area contributed by atoms with E-state index in [1.807, 2.05) is 6.07 Å². The number of anilines is 1. The molecule has 1 N–H and O–H groups in total. The third-order valence-corrected chi connectivity index (χ3v) is 3.65. The summed E-state index contributed by atoms with van der Waals surface area (Å²) in [4.78, 5) is 9.34. The number of rotatable bonds is 6. The van der Waals surface area contributed by atoms with Crippen molar-refractivity contribution in [1.82, 2.24) is 9.97 Å². The Balaban J connectivity index is 2.04. The van der Waals surface area contributed by atoms with Gasteiger partial charge in [0.2, 0.25) is 0 Å². The summed E-state index contributed by atoms with van der Waals surface area (Å²) < 4.78 is 5.22. The van der Waals surface area contributed by atoms with E-state index >= 15 is 0 Å². The van der Waals surface area contributed by atoms with E-state index in [1.54, 1.807) is 7.11 Å². The first-order chi connectivity index (χ1) is 10.3. The molecule has 0 atom stereocenters. The van der Waals surface area contributed by atoms with E-state index in [0.717, 1.165) is 29.4 Å². The van der Waals surface area contributed by atoms with Crippen molar-refractivity contribution in [3.05, 3.63) is 41.6 Å². The third-order valence-electron chi connectivity index (χ3n) is 3.65. The van der Waals surface area contributed by atoms with E-state index in [-0.39, 0.29) is 0 Å². The SMILES string of the molecule is CCNc1cc(COC)nc(-c2ccccc2C2CC2)n1. The van der Waals surface area contributed by atoms with Crippen LogP contribution >= 0.6 is 0 Å². The molecule has 0 bridgehead atoms. The molecule has 1 aliphatic rings. The normalized spacial score (nSPS) is 14.2. The third kappa shape index (κ3) is 3.22. The zero-order valence-corrected chi connectivity index (χ0v) is 12.6. The number of hydrogen-bond donors (Lipinski definition) is 1. The van der Waals surface area contributed by atoms with Crippen molar-refractivity contribution in [2.24, 2.45) is 0 Å². The number of hydrogen-bond acceptors (Lipinski definition) is 4. The summed E-state index contributed by atoms with van der Waals surface area (Å²) in [5.41, 5.74) is 3.43. The Hall–Kier alpha value is -1.94. The quantitative estimate of drug-likeness (QED) is 0.880. The monoisotopic (exact) mass is 283 g/mol. The zero-order valence-electron chi connectivity index (χ0n) is 12.6. The van der Waals surface area contributed by atoms with Crippen molar-refractivity contribution in [2.75, 3.05) is 19.0 Å². The maximum absolute atomic E-state index is 5.22. The van der Waals surface area contributed by atoms with Crippen molar-refractivity contribution >= 4 is 5.82 Å². The molecule has 4 nitrogen and oxygen atoms in total. The highest BCUT2D eigenvalue weighted by Crippen LogP contribution is 2.43. The molecular formula is C17H21N3O. The highest BCUT2D eigenvalue weighted by atomic mass is 16.5. The lowest BCUT2D eigenvalue weighted by Crippen LogP contribution is -2.05. The topological polar surface area (TPSA) is 47.0 Å². The van der Waals surface area contributed by atoms with Gasteiger partial charge < -0.3 is 10.1 Å². The van der Waals surface area contributed by atoms with Crippen LogP contribution in [0.25, 0.3) is 11.4 Å². The number of ether oxygens (including phenoxy) is 1. The maximum atomic E-state index is 5.22. The first-order valence-corrected chi connectivity index (χ1v) is 7.52. The second-order valence-corrected chi connectivity index (χ2v) is 5.39. The van der Waals surface area contributed by atoms with Gasteiger partial charge in [0.25, 0.3) is 0 Å². The smallest absolute Gasteiger partial charge is 0.162 e. The van der Waals surface area contributed by atoms with Gasteiger partial charge in [0, 0.05) is 25.3 Å². The van der Waals surface area contributed by atoms with E-state index < -0.39 is 0 Å². The molecule has 0 radical (unpaired) electrons. The maximum Gasteiger partial charge on any atom is 0.162 e. The Morgan fingerprint density at radius 1 is 1.24 bits per heavy atom. The van der Waals surface area contributed by atoms with Crippen LogP contribution < -0.4 is 5.32 Å². The zero-order chi connectivity index (χ0) is 14.7. The molecule has 2 aromatic rings. The Morgan fingerprint density at radius 2 is 2.05 bits per heavy atom. The van der Waals surface area contributed by atoms with E-state index in [0.29, 0.717) is 12.5 Å². The lowest BCUT2D eigenvalue weighted by atomic mass is 10.0. The van der Waals surface area contributed by atoms with Crippen LogP contribution in [0.5, 0.6) is 0 Å². The summed E-state index contributed by atoms with van der Waals surface area (Å²) in [7, 11) is 1.69. The molecule has 0 aliphatic heterocycles. The van der Waals surface area contributed by atoms with Gasteiger partial charge in [-0.3, -0.25) is 0 Å². The van der Waals surface area contributed by atoms with Gasteiger partial charge >= 0.3 is 0 Å². The predicted octanol–water partition coefficient (Wildman–Crippen LogP) is 3.60. The first-order valence-electron chi connectivity index (χ1n) is 7.52. The van der Waals surface area contributed by atoms with Crippen molar-refractivity contribution < 1.29 is 4.74 Å². The highest BCUT2D eigenvalue weighted by molar-refractivity contribution is 5.63. The second-order valence-electron chi connectivity index (χ2n) is 5.39. The Morgan fingerprint density at radius 3 is 2.76 bits per heavy atom. The van der Waals surface area contributed by atoms with E-state index in [9.17, 15) is 0 Å². The lowest BCUT2D eigenvalue weighted by Gasteiger charge is -2.11. The Labute approximate surface area is 125 Å². The number of nitrogens with zero attached hydrogens (tertiary/aromatic N) is 2. The Kier molecular flexibility index (Phi) is 4.15. The predicted molar refractivity (Wildman–Crippen MR) is 84.3 cm³/mol. The van der Waals surface area contributed by atoms with Crippen molar-refractivity contribution in [1.29, 1.82) is 0 Å². The number of methoxy groups -OCH3 is 1. The van der Waals surface area contributed by atoms with Gasteiger partial charge in [0.1, 0.15) is 5.82 Å². The van der Waals surface area contributed by atoms with Gasteiger partial charge in [0.05, 0.1) is 12.3 Å². The summed E-state index contributed by atoms with van der Waals surface area (Å²) in [6, 6.07) is 10.4. The van der Waals surface area contributed by atoms with E-state index in [2.05, 4.69) is 46.5 Å². The van der Waals surface area contributed by atoms with Gasteiger partial charge in [-0.05, 0) is 31.2 Å². The summed E-state index contributed by atoms with van der Waals surface area (Å²) in [5.74, 6) is 2.33. The fourth-order valence-electron chi connectivity index (χ4n) is 2.56. The number of benzene rings is 1. The summed E-state index contributed by atoms with van der Waals surface area (Å²) in [5, 5.41) is 3.27. The van der Waals surface area contributed by atoms with Crippen LogP contribution in [0.3, 0.4) is 0 Å². The fourth-order valence-corrected chi connectivity index (χ4v) is 2.56. The minimum absolute atomic E-state index is 0.500. The molecule has 4 heteroatoms. The van der Waals surface area contributed by atoms with Crippen LogP contribution in [-0.2, 0) is 11.3 Å². The average Bonchev–Trinajstić information content (AvgIpc) is 3.32. The van der Waals surface area contributed by atoms with Gasteiger partial charge in [-0.2, -0.15) is 0 Å². The van der Waals surface area contributed by atoms with Crippen molar-refractivity contribution in [3.63, 3.8) is 0 Å². The van der Waals surface area contributed by atoms with Gasteiger partial charge in [-0.1, -0.05) is 24.3 Å². The van der Waals surface area contributed by atoms with Gasteiger partial charge in [-0.25, -0.2) is 9.97 Å². The molecular weight excluding hydrogens is 262 g/mol.